The van der Waals surface area contributed by atoms with Gasteiger partial charge in [0.1, 0.15) is 0 Å². The zero-order valence-corrected chi connectivity index (χ0v) is 17.9. The Kier molecular flexibility index (Phi) is 4.56. The molecule has 3 fully saturated rings. The number of benzene rings is 1. The molecule has 150 valence electrons. The van der Waals surface area contributed by atoms with Gasteiger partial charge in [-0.15, -0.1) is 0 Å². The average Bonchev–Trinajstić information content (AvgIpc) is 3.00. The summed E-state index contributed by atoms with van der Waals surface area (Å²) in [5.74, 6) is 2.43. The monoisotopic (exact) mass is 396 g/mol. The smallest absolute Gasteiger partial charge is 0.169 e. The lowest BCUT2D eigenvalue weighted by molar-refractivity contribution is -0.118. The number of Topliss-reactive ketones (excluding diaryl/α,β-unsaturated/α-hetero) is 1. The van der Waals surface area contributed by atoms with Crippen LogP contribution in [-0.4, -0.2) is 17.0 Å². The van der Waals surface area contributed by atoms with Gasteiger partial charge in [-0.3, -0.25) is 4.79 Å². The van der Waals surface area contributed by atoms with Gasteiger partial charge in [-0.05, 0) is 91.2 Å². The third kappa shape index (κ3) is 2.69. The summed E-state index contributed by atoms with van der Waals surface area (Å²) in [5, 5.41) is 10.7. The number of rotatable bonds is 2. The van der Waals surface area contributed by atoms with Crippen LogP contribution in [0.15, 0.2) is 45.7 Å². The lowest BCUT2D eigenvalue weighted by Crippen LogP contribution is -2.51. The number of fused-ring (bicyclic) bond motifs is 5. The van der Waals surface area contributed by atoms with Crippen molar-refractivity contribution in [1.82, 2.24) is 0 Å². The highest BCUT2D eigenvalue weighted by Gasteiger charge is 2.59. The summed E-state index contributed by atoms with van der Waals surface area (Å²) in [7, 11) is 0. The van der Waals surface area contributed by atoms with Crippen LogP contribution in [0.3, 0.4) is 0 Å². The van der Waals surface area contributed by atoms with Crippen molar-refractivity contribution in [2.45, 2.75) is 76.2 Å². The van der Waals surface area contributed by atoms with Crippen molar-refractivity contribution in [2.24, 2.45) is 28.6 Å². The van der Waals surface area contributed by atoms with Gasteiger partial charge in [0.25, 0.3) is 0 Å². The van der Waals surface area contributed by atoms with E-state index in [9.17, 15) is 9.90 Å². The van der Waals surface area contributed by atoms with E-state index in [1.165, 1.54) is 29.7 Å². The maximum Gasteiger partial charge on any atom is 0.169 e. The summed E-state index contributed by atoms with van der Waals surface area (Å²) in [6, 6.07) is 10.4. The Bertz CT molecular complexity index is 815. The molecule has 0 aliphatic heterocycles. The second kappa shape index (κ2) is 6.74. The van der Waals surface area contributed by atoms with E-state index < -0.39 is 0 Å². The Hall–Kier alpha value is -1.06. The van der Waals surface area contributed by atoms with Gasteiger partial charge in [0.05, 0.1) is 11.0 Å². The minimum Gasteiger partial charge on any atom is -0.393 e. The van der Waals surface area contributed by atoms with Crippen LogP contribution in [0.25, 0.3) is 0 Å². The molecule has 0 saturated heterocycles. The molecule has 0 heterocycles. The summed E-state index contributed by atoms with van der Waals surface area (Å²) >= 11 is 1.71. The molecule has 0 amide bonds. The van der Waals surface area contributed by atoms with Crippen LogP contribution < -0.4 is 0 Å². The Balaban J connectivity index is 1.51. The van der Waals surface area contributed by atoms with Crippen LogP contribution in [0.5, 0.6) is 0 Å². The van der Waals surface area contributed by atoms with Crippen LogP contribution in [0.1, 0.15) is 65.2 Å². The van der Waals surface area contributed by atoms with E-state index in [2.05, 4.69) is 38.1 Å². The van der Waals surface area contributed by atoms with Crippen molar-refractivity contribution in [1.29, 1.82) is 0 Å². The molecule has 0 spiro atoms. The third-order valence-corrected chi connectivity index (χ3v) is 10.2. The van der Waals surface area contributed by atoms with Crippen molar-refractivity contribution in [2.75, 3.05) is 0 Å². The molecule has 4 aliphatic carbocycles. The minimum atomic E-state index is -0.111. The lowest BCUT2D eigenvalue weighted by atomic mass is 9.47. The summed E-state index contributed by atoms with van der Waals surface area (Å²) < 4.78 is 0. The molecule has 28 heavy (non-hydrogen) atoms. The third-order valence-electron chi connectivity index (χ3n) is 8.98. The van der Waals surface area contributed by atoms with Crippen molar-refractivity contribution >= 4 is 17.5 Å². The van der Waals surface area contributed by atoms with Gasteiger partial charge in [-0.25, -0.2) is 0 Å². The predicted molar refractivity (Wildman–Crippen MR) is 114 cm³/mol. The van der Waals surface area contributed by atoms with Crippen molar-refractivity contribution in [3.8, 4) is 0 Å². The van der Waals surface area contributed by atoms with Gasteiger partial charge in [0, 0.05) is 11.3 Å². The number of hydrogen-bond acceptors (Lipinski definition) is 3. The number of thioether (sulfide) groups is 1. The Morgan fingerprint density at radius 2 is 1.75 bits per heavy atom. The van der Waals surface area contributed by atoms with Gasteiger partial charge in [-0.2, -0.15) is 0 Å². The summed E-state index contributed by atoms with van der Waals surface area (Å²) in [5.41, 5.74) is 1.76. The largest absolute Gasteiger partial charge is 0.393 e. The van der Waals surface area contributed by atoms with E-state index in [0.29, 0.717) is 24.0 Å². The van der Waals surface area contributed by atoms with Crippen LogP contribution in [0, 0.1) is 28.6 Å². The fourth-order valence-corrected chi connectivity index (χ4v) is 8.57. The first-order chi connectivity index (χ1) is 13.4. The van der Waals surface area contributed by atoms with E-state index in [0.717, 1.165) is 36.5 Å². The van der Waals surface area contributed by atoms with Crippen LogP contribution >= 0.6 is 11.8 Å². The van der Waals surface area contributed by atoms with Crippen LogP contribution in [0.4, 0.5) is 0 Å². The van der Waals surface area contributed by atoms with Crippen molar-refractivity contribution in [3.05, 3.63) is 40.8 Å². The summed E-state index contributed by atoms with van der Waals surface area (Å²) in [4.78, 5) is 15.2. The number of aliphatic hydroxyl groups is 1. The molecule has 3 saturated carbocycles. The zero-order chi connectivity index (χ0) is 19.5. The highest BCUT2D eigenvalue weighted by molar-refractivity contribution is 8.04. The number of ketones is 1. The predicted octanol–water partition coefficient (Wildman–Crippen LogP) is 6.00. The number of allylic oxidation sites excluding steroid dienone is 1. The molecule has 4 aliphatic rings. The number of aliphatic hydroxyl groups excluding tert-OH is 1. The maximum atomic E-state index is 12.9. The molecular weight excluding hydrogens is 364 g/mol. The van der Waals surface area contributed by atoms with Crippen molar-refractivity contribution < 1.29 is 9.90 Å². The van der Waals surface area contributed by atoms with Gasteiger partial charge in [0.2, 0.25) is 0 Å². The topological polar surface area (TPSA) is 37.3 Å². The first-order valence-corrected chi connectivity index (χ1v) is 11.9. The SMILES string of the molecule is C[C@]12CC[C@H]3[C@@H](CCC4=C(Sc5ccccc5)C(=O)CC[C@@]43C)[C@@H]1CC[C@@H]2O. The van der Waals surface area contributed by atoms with Crippen LogP contribution in [-0.2, 0) is 4.79 Å². The molecule has 2 nitrogen and oxygen atoms in total. The fraction of sp³-hybridized carbons (Fsp3) is 0.640. The molecule has 0 radical (unpaired) electrons. The standard InChI is InChI=1S/C25H32O2S/c1-24-15-13-21(26)23(28-16-6-4-3-5-7-16)20(24)9-8-17-18-10-11-22(27)25(18,2)14-12-19(17)24/h3-7,17-19,22,27H,8-15H2,1-2H3/t17-,18-,19-,22-,24+,25-/m0/s1. The van der Waals surface area contributed by atoms with Gasteiger partial charge in [0.15, 0.2) is 5.78 Å². The first-order valence-electron chi connectivity index (χ1n) is 11.1. The summed E-state index contributed by atoms with van der Waals surface area (Å²) in [6.07, 6.45) is 8.42. The second-order valence-electron chi connectivity index (χ2n) is 10.1. The molecule has 0 bridgehead atoms. The molecule has 1 aromatic carbocycles. The summed E-state index contributed by atoms with van der Waals surface area (Å²) in [6.45, 7) is 4.81. The van der Waals surface area contributed by atoms with Gasteiger partial charge >= 0.3 is 0 Å². The maximum absolute atomic E-state index is 12.9. The van der Waals surface area contributed by atoms with E-state index >= 15 is 0 Å². The Morgan fingerprint density at radius 3 is 2.54 bits per heavy atom. The zero-order valence-electron chi connectivity index (χ0n) is 17.1. The van der Waals surface area contributed by atoms with E-state index in [1.807, 2.05) is 6.07 Å². The lowest BCUT2D eigenvalue weighted by Gasteiger charge is -2.58. The molecule has 0 unspecified atom stereocenters. The molecule has 5 rings (SSSR count). The van der Waals surface area contributed by atoms with E-state index in [4.69, 9.17) is 0 Å². The second-order valence-corrected chi connectivity index (χ2v) is 11.2. The number of carbonyl (C=O) groups excluding carboxylic acids is 1. The van der Waals surface area contributed by atoms with Gasteiger partial charge < -0.3 is 5.11 Å². The quantitative estimate of drug-likeness (QED) is 0.666. The normalized spacial score (nSPS) is 42.8. The van der Waals surface area contributed by atoms with E-state index in [1.54, 1.807) is 11.8 Å². The molecule has 1 aromatic rings. The van der Waals surface area contributed by atoms with Crippen molar-refractivity contribution in [3.63, 3.8) is 0 Å². The number of carbonyl (C=O) groups is 1. The fourth-order valence-electron chi connectivity index (χ4n) is 7.36. The molecule has 3 heteroatoms. The van der Waals surface area contributed by atoms with Crippen LogP contribution in [0.2, 0.25) is 0 Å². The Morgan fingerprint density at radius 1 is 0.964 bits per heavy atom. The van der Waals surface area contributed by atoms with Gasteiger partial charge in [-0.1, -0.05) is 43.8 Å². The average molecular weight is 397 g/mol. The molecule has 0 aromatic heterocycles. The Labute approximate surface area is 173 Å². The highest BCUT2D eigenvalue weighted by Crippen LogP contribution is 2.66. The first kappa shape index (κ1) is 18.9. The molecular formula is C25H32O2S. The number of hydrogen-bond donors (Lipinski definition) is 1. The molecule has 6 atom stereocenters. The molecule has 1 N–H and O–H groups in total. The van der Waals surface area contributed by atoms with E-state index in [-0.39, 0.29) is 16.9 Å². The highest BCUT2D eigenvalue weighted by atomic mass is 32.2. The minimum absolute atomic E-state index is 0.111.